The molecular weight excluding hydrogens is 534 g/mol. The quantitative estimate of drug-likeness (QED) is 0.0498. The van der Waals surface area contributed by atoms with E-state index in [-0.39, 0.29) is 59.5 Å². The van der Waals surface area contributed by atoms with Crippen LogP contribution in [0.15, 0.2) is 0 Å². The summed E-state index contributed by atoms with van der Waals surface area (Å²) in [5, 5.41) is 77.7. The topological polar surface area (TPSA) is 246 Å². The van der Waals surface area contributed by atoms with Crippen molar-refractivity contribution in [1.82, 2.24) is 9.80 Å². The molecular formula is C21H54N3O12Ti+. The van der Waals surface area contributed by atoms with Crippen molar-refractivity contribution in [3.05, 3.63) is 0 Å². The van der Waals surface area contributed by atoms with Crippen molar-refractivity contribution in [1.29, 1.82) is 0 Å². The average molecular weight is 589 g/mol. The van der Waals surface area contributed by atoms with Crippen LogP contribution in [0.5, 0.6) is 0 Å². The van der Waals surface area contributed by atoms with Gasteiger partial charge in [-0.05, 0) is 13.8 Å². The number of aliphatic hydroxyl groups excluding tert-OH is 9. The molecule has 0 spiro atoms. The summed E-state index contributed by atoms with van der Waals surface area (Å²) in [7, 11) is 0. The molecule has 0 amide bonds. The molecule has 0 atom stereocenters. The molecule has 0 saturated heterocycles. The van der Waals surface area contributed by atoms with Gasteiger partial charge in [0.1, 0.15) is 19.6 Å². The molecule has 37 heavy (non-hydrogen) atoms. The summed E-state index contributed by atoms with van der Waals surface area (Å²) in [4.78, 5) is 3.58. The molecule has 0 saturated carbocycles. The zero-order chi connectivity index (χ0) is 29.5. The van der Waals surface area contributed by atoms with Crippen LogP contribution in [0.4, 0.5) is 0 Å². The SMILES string of the molecule is CC(C)[N+](CCO)(CCO)CCO.OCCN(CCO)CCO.OCCN(CCO)CCO.[O]=[Ti]([OH])[OH]. The molecule has 0 fully saturated rings. The fraction of sp³-hybridized carbons (Fsp3) is 1.00. The molecule has 0 aromatic heterocycles. The van der Waals surface area contributed by atoms with Gasteiger partial charge < -0.3 is 50.4 Å². The minimum absolute atomic E-state index is 0.0694. The van der Waals surface area contributed by atoms with Crippen LogP contribution in [0.3, 0.4) is 0 Å². The van der Waals surface area contributed by atoms with E-state index in [1.807, 2.05) is 13.8 Å². The second-order valence-electron chi connectivity index (χ2n) is 7.96. The maximum atomic E-state index is 8.93. The molecule has 0 unspecified atom stereocenters. The van der Waals surface area contributed by atoms with Crippen molar-refractivity contribution < 1.29 is 79.8 Å². The van der Waals surface area contributed by atoms with Crippen molar-refractivity contribution in [2.24, 2.45) is 0 Å². The second-order valence-corrected chi connectivity index (χ2v) is 8.84. The molecule has 0 aliphatic rings. The second kappa shape index (κ2) is 34.0. The van der Waals surface area contributed by atoms with Crippen LogP contribution in [-0.4, -0.2) is 192 Å². The van der Waals surface area contributed by atoms with Crippen LogP contribution in [0, 0.1) is 0 Å². The molecule has 16 heteroatoms. The summed E-state index contributed by atoms with van der Waals surface area (Å²) < 4.78 is 23.8. The van der Waals surface area contributed by atoms with Gasteiger partial charge in [0.25, 0.3) is 0 Å². The first kappa shape index (κ1) is 44.0. The molecule has 0 aromatic rings. The fourth-order valence-electron chi connectivity index (χ4n) is 3.23. The Balaban J connectivity index is -0.000000207. The van der Waals surface area contributed by atoms with Crippen molar-refractivity contribution in [2.75, 3.05) is 118 Å². The number of nitrogens with zero attached hydrogens (tertiary/aromatic N) is 3. The number of hydrogen-bond donors (Lipinski definition) is 11. The van der Waals surface area contributed by atoms with Gasteiger partial charge in [-0.25, -0.2) is 0 Å². The Morgan fingerprint density at radius 2 is 0.703 bits per heavy atom. The molecule has 0 aliphatic heterocycles. The third-order valence-corrected chi connectivity index (χ3v) is 5.23. The third-order valence-electron chi connectivity index (χ3n) is 5.23. The Kier molecular flexibility index (Phi) is 40.4. The van der Waals surface area contributed by atoms with Crippen molar-refractivity contribution in [2.45, 2.75) is 19.9 Å². The van der Waals surface area contributed by atoms with Gasteiger partial charge in [0.05, 0.1) is 65.5 Å². The first-order valence-electron chi connectivity index (χ1n) is 12.3. The average Bonchev–Trinajstić information content (AvgIpc) is 2.81. The summed E-state index contributed by atoms with van der Waals surface area (Å²) in [6, 6.07) is 0.312. The molecule has 11 N–H and O–H groups in total. The Bertz CT molecular complexity index is 389. The molecule has 228 valence electrons. The van der Waals surface area contributed by atoms with E-state index in [0.29, 0.717) is 69.4 Å². The standard InChI is InChI=1S/C9H22NO3.2C6H15NO3.2H2O.O.Ti/c1-9(2)10(3-6-11,4-7-12)5-8-13;2*8-4-1-7(2-5-9)3-6-10;;;;/h9,11-13H,3-8H2,1-2H3;2*8-10H,1-6H2;2*1H2;;/q+1;;;;;;+2/p-2. The maximum absolute atomic E-state index is 8.93. The predicted octanol–water partition coefficient (Wildman–Crippen LogP) is -5.52. The third kappa shape index (κ3) is 32.1. The Morgan fingerprint density at radius 1 is 0.514 bits per heavy atom. The summed E-state index contributed by atoms with van der Waals surface area (Å²) >= 11 is -3.58. The number of hydrogen-bond acceptors (Lipinski definition) is 12. The first-order chi connectivity index (χ1) is 17.5. The summed E-state index contributed by atoms with van der Waals surface area (Å²) in [5.74, 6) is 0. The van der Waals surface area contributed by atoms with Gasteiger partial charge in [0.15, 0.2) is 0 Å². The monoisotopic (exact) mass is 588 g/mol. The van der Waals surface area contributed by atoms with E-state index in [0.717, 1.165) is 0 Å². The van der Waals surface area contributed by atoms with Crippen LogP contribution in [0.2, 0.25) is 0 Å². The molecule has 0 bridgehead atoms. The van der Waals surface area contributed by atoms with E-state index >= 15 is 0 Å². The van der Waals surface area contributed by atoms with Crippen LogP contribution in [0.1, 0.15) is 13.8 Å². The Morgan fingerprint density at radius 3 is 0.811 bits per heavy atom. The fourth-order valence-corrected chi connectivity index (χ4v) is 3.23. The molecule has 0 heterocycles. The van der Waals surface area contributed by atoms with Crippen molar-refractivity contribution in [3.8, 4) is 0 Å². The first-order valence-corrected chi connectivity index (χ1v) is 14.3. The van der Waals surface area contributed by atoms with E-state index < -0.39 is 18.6 Å². The van der Waals surface area contributed by atoms with E-state index in [9.17, 15) is 0 Å². The number of quaternary nitrogens is 1. The van der Waals surface area contributed by atoms with Gasteiger partial charge in [-0.15, -0.1) is 0 Å². The number of rotatable bonds is 19. The molecule has 0 aromatic carbocycles. The van der Waals surface area contributed by atoms with Gasteiger partial charge >= 0.3 is 29.3 Å². The van der Waals surface area contributed by atoms with Gasteiger partial charge in [0.2, 0.25) is 0 Å². The van der Waals surface area contributed by atoms with Crippen LogP contribution in [0.25, 0.3) is 0 Å². The number of aliphatic hydroxyl groups is 9. The summed E-state index contributed by atoms with van der Waals surface area (Å²) in [6.45, 7) is 9.67. The van der Waals surface area contributed by atoms with Crippen LogP contribution >= 0.6 is 0 Å². The molecule has 15 nitrogen and oxygen atoms in total. The van der Waals surface area contributed by atoms with E-state index in [2.05, 4.69) is 0 Å². The summed E-state index contributed by atoms with van der Waals surface area (Å²) in [6.07, 6.45) is 0. The van der Waals surface area contributed by atoms with Crippen molar-refractivity contribution in [3.63, 3.8) is 0 Å². The van der Waals surface area contributed by atoms with Crippen molar-refractivity contribution >= 4 is 0 Å². The Labute approximate surface area is 227 Å². The van der Waals surface area contributed by atoms with E-state index in [4.69, 9.17) is 56.7 Å². The molecule has 0 rings (SSSR count). The van der Waals surface area contributed by atoms with E-state index in [1.165, 1.54) is 0 Å². The van der Waals surface area contributed by atoms with Gasteiger partial charge in [-0.3, -0.25) is 9.80 Å². The van der Waals surface area contributed by atoms with Gasteiger partial charge in [-0.1, -0.05) is 0 Å². The van der Waals surface area contributed by atoms with Crippen LogP contribution in [-0.2, 0) is 21.9 Å². The summed E-state index contributed by atoms with van der Waals surface area (Å²) in [5.41, 5.74) is 0. The zero-order valence-corrected chi connectivity index (χ0v) is 24.0. The predicted molar refractivity (Wildman–Crippen MR) is 132 cm³/mol. The molecule has 0 aliphatic carbocycles. The normalized spacial score (nSPS) is 10.9. The van der Waals surface area contributed by atoms with E-state index in [1.54, 1.807) is 9.80 Å². The Hall–Kier alpha value is -0.0457. The van der Waals surface area contributed by atoms with Gasteiger partial charge in [-0.2, -0.15) is 0 Å². The zero-order valence-electron chi connectivity index (χ0n) is 22.5. The molecule has 0 radical (unpaired) electrons. The minimum atomic E-state index is -3.58. The van der Waals surface area contributed by atoms with Gasteiger partial charge in [0, 0.05) is 39.3 Å². The van der Waals surface area contributed by atoms with Crippen LogP contribution < -0.4 is 0 Å².